The quantitative estimate of drug-likeness (QED) is 0.939. The van der Waals surface area contributed by atoms with Crippen molar-refractivity contribution < 1.29 is 18.4 Å². The van der Waals surface area contributed by atoms with Gasteiger partial charge in [0.2, 0.25) is 5.91 Å². The van der Waals surface area contributed by atoms with Crippen LogP contribution in [0.1, 0.15) is 23.2 Å². The first-order chi connectivity index (χ1) is 11.5. The molecule has 4 nitrogen and oxygen atoms in total. The van der Waals surface area contributed by atoms with Gasteiger partial charge < -0.3 is 10.2 Å². The maximum atomic E-state index is 13.2. The Morgan fingerprint density at radius 3 is 2.50 bits per heavy atom. The van der Waals surface area contributed by atoms with Crippen molar-refractivity contribution in [2.75, 3.05) is 11.9 Å². The van der Waals surface area contributed by atoms with Gasteiger partial charge in [-0.25, -0.2) is 8.78 Å². The average molecular weight is 330 g/mol. The minimum Gasteiger partial charge on any atom is -0.327 e. The second-order valence-corrected chi connectivity index (χ2v) is 5.66. The van der Waals surface area contributed by atoms with Gasteiger partial charge >= 0.3 is 0 Å². The number of rotatable bonds is 3. The second-order valence-electron chi connectivity index (χ2n) is 5.66. The van der Waals surface area contributed by atoms with Crippen molar-refractivity contribution in [3.05, 3.63) is 65.7 Å². The van der Waals surface area contributed by atoms with Gasteiger partial charge in [-0.15, -0.1) is 0 Å². The Morgan fingerprint density at radius 2 is 1.79 bits per heavy atom. The summed E-state index contributed by atoms with van der Waals surface area (Å²) < 4.78 is 26.2. The molecule has 1 heterocycles. The van der Waals surface area contributed by atoms with Crippen LogP contribution in [0.5, 0.6) is 0 Å². The van der Waals surface area contributed by atoms with Crippen LogP contribution < -0.4 is 5.32 Å². The minimum absolute atomic E-state index is 0.313. The van der Waals surface area contributed by atoms with Crippen LogP contribution >= 0.6 is 0 Å². The fraction of sp³-hybridized carbons (Fsp3) is 0.222. The first-order valence-corrected chi connectivity index (χ1v) is 7.67. The molecule has 1 aliphatic rings. The molecule has 0 spiro atoms. The molecule has 0 radical (unpaired) electrons. The summed E-state index contributed by atoms with van der Waals surface area (Å²) in [6.07, 6.45) is 1.24. The maximum Gasteiger partial charge on any atom is 0.254 e. The molecule has 0 aliphatic carbocycles. The van der Waals surface area contributed by atoms with Gasteiger partial charge in [0, 0.05) is 17.8 Å². The zero-order valence-corrected chi connectivity index (χ0v) is 12.8. The highest BCUT2D eigenvalue weighted by Gasteiger charge is 2.34. The predicted molar refractivity (Wildman–Crippen MR) is 85.5 cm³/mol. The third-order valence-corrected chi connectivity index (χ3v) is 4.00. The van der Waals surface area contributed by atoms with Gasteiger partial charge in [-0.05, 0) is 55.3 Å². The van der Waals surface area contributed by atoms with E-state index < -0.39 is 17.7 Å². The highest BCUT2D eigenvalue weighted by Crippen LogP contribution is 2.22. The SMILES string of the molecule is O=C(Nc1cccc(F)c1)[C@H]1CCCN1C(=O)c1ccc(F)cc1. The number of hydrogen-bond acceptors (Lipinski definition) is 2. The Labute approximate surface area is 138 Å². The third kappa shape index (κ3) is 3.42. The summed E-state index contributed by atoms with van der Waals surface area (Å²) in [7, 11) is 0. The largest absolute Gasteiger partial charge is 0.327 e. The van der Waals surface area contributed by atoms with Crippen molar-refractivity contribution >= 4 is 17.5 Å². The number of benzene rings is 2. The van der Waals surface area contributed by atoms with E-state index in [-0.39, 0.29) is 11.8 Å². The van der Waals surface area contributed by atoms with E-state index in [4.69, 9.17) is 0 Å². The summed E-state index contributed by atoms with van der Waals surface area (Å²) >= 11 is 0. The van der Waals surface area contributed by atoms with Crippen molar-refractivity contribution in [1.29, 1.82) is 0 Å². The second kappa shape index (κ2) is 6.78. The number of likely N-dealkylation sites (tertiary alicyclic amines) is 1. The zero-order valence-electron chi connectivity index (χ0n) is 12.8. The number of amides is 2. The molecule has 6 heteroatoms. The van der Waals surface area contributed by atoms with Crippen LogP contribution in [0, 0.1) is 11.6 Å². The van der Waals surface area contributed by atoms with Crippen LogP contribution in [0.15, 0.2) is 48.5 Å². The van der Waals surface area contributed by atoms with E-state index in [0.29, 0.717) is 30.6 Å². The molecule has 0 aromatic heterocycles. The number of nitrogens with zero attached hydrogens (tertiary/aromatic N) is 1. The van der Waals surface area contributed by atoms with Gasteiger partial charge in [0.1, 0.15) is 17.7 Å². The summed E-state index contributed by atoms with van der Waals surface area (Å²) in [5, 5.41) is 2.64. The lowest BCUT2D eigenvalue weighted by atomic mass is 10.1. The summed E-state index contributed by atoms with van der Waals surface area (Å²) in [4.78, 5) is 26.5. The molecule has 3 rings (SSSR count). The van der Waals surface area contributed by atoms with Crippen molar-refractivity contribution in [1.82, 2.24) is 4.90 Å². The molecular formula is C18H16F2N2O2. The van der Waals surface area contributed by atoms with E-state index in [1.54, 1.807) is 6.07 Å². The Kier molecular flexibility index (Phi) is 4.55. The standard InChI is InChI=1S/C18H16F2N2O2/c19-13-8-6-12(7-9-13)18(24)22-10-2-5-16(22)17(23)21-15-4-1-3-14(20)11-15/h1,3-4,6-9,11,16H,2,5,10H2,(H,21,23)/t16-/m1/s1. The molecule has 1 atom stereocenters. The van der Waals surface area contributed by atoms with Crippen molar-refractivity contribution in [3.63, 3.8) is 0 Å². The molecule has 2 aromatic carbocycles. The first-order valence-electron chi connectivity index (χ1n) is 7.67. The van der Waals surface area contributed by atoms with Crippen molar-refractivity contribution in [2.24, 2.45) is 0 Å². The van der Waals surface area contributed by atoms with Gasteiger partial charge in [-0.1, -0.05) is 6.07 Å². The van der Waals surface area contributed by atoms with E-state index in [1.807, 2.05) is 0 Å². The van der Waals surface area contributed by atoms with Gasteiger partial charge in [-0.2, -0.15) is 0 Å². The lowest BCUT2D eigenvalue weighted by Gasteiger charge is -2.24. The molecule has 1 N–H and O–H groups in total. The first kappa shape index (κ1) is 16.1. The molecule has 1 fully saturated rings. The normalized spacial score (nSPS) is 16.9. The van der Waals surface area contributed by atoms with Crippen LogP contribution in [-0.4, -0.2) is 29.3 Å². The summed E-state index contributed by atoms with van der Waals surface area (Å²) in [5.74, 6) is -1.53. The van der Waals surface area contributed by atoms with Crippen LogP contribution in [0.4, 0.5) is 14.5 Å². The zero-order chi connectivity index (χ0) is 17.1. The fourth-order valence-electron chi connectivity index (χ4n) is 2.83. The number of nitrogens with one attached hydrogen (secondary N) is 1. The topological polar surface area (TPSA) is 49.4 Å². The number of hydrogen-bond donors (Lipinski definition) is 1. The minimum atomic E-state index is -0.620. The lowest BCUT2D eigenvalue weighted by Crippen LogP contribution is -2.43. The molecule has 0 saturated carbocycles. The smallest absolute Gasteiger partial charge is 0.254 e. The Balaban J connectivity index is 1.73. The summed E-state index contributed by atoms with van der Waals surface area (Å²) in [6, 6.07) is 10.2. The number of carbonyl (C=O) groups excluding carboxylic acids is 2. The highest BCUT2D eigenvalue weighted by molar-refractivity contribution is 6.01. The summed E-state index contributed by atoms with van der Waals surface area (Å²) in [5.41, 5.74) is 0.683. The third-order valence-electron chi connectivity index (χ3n) is 4.00. The Bertz CT molecular complexity index is 762. The van der Waals surface area contributed by atoms with E-state index in [2.05, 4.69) is 5.32 Å². The van der Waals surface area contributed by atoms with Crippen molar-refractivity contribution in [3.8, 4) is 0 Å². The molecule has 1 aliphatic heterocycles. The number of halogens is 2. The average Bonchev–Trinajstić information content (AvgIpc) is 3.04. The maximum absolute atomic E-state index is 13.2. The van der Waals surface area contributed by atoms with Crippen LogP contribution in [0.3, 0.4) is 0 Å². The van der Waals surface area contributed by atoms with Crippen LogP contribution in [-0.2, 0) is 4.79 Å². The predicted octanol–water partition coefficient (Wildman–Crippen LogP) is 3.21. The molecule has 0 unspecified atom stereocenters. The van der Waals surface area contributed by atoms with Gasteiger partial charge in [0.15, 0.2) is 0 Å². The Hall–Kier alpha value is -2.76. The highest BCUT2D eigenvalue weighted by atomic mass is 19.1. The molecular weight excluding hydrogens is 314 g/mol. The van der Waals surface area contributed by atoms with E-state index >= 15 is 0 Å². The van der Waals surface area contributed by atoms with E-state index in [9.17, 15) is 18.4 Å². The molecule has 124 valence electrons. The molecule has 0 bridgehead atoms. The molecule has 2 aromatic rings. The fourth-order valence-corrected chi connectivity index (χ4v) is 2.83. The van der Waals surface area contributed by atoms with Crippen LogP contribution in [0.25, 0.3) is 0 Å². The van der Waals surface area contributed by atoms with Gasteiger partial charge in [0.25, 0.3) is 5.91 Å². The lowest BCUT2D eigenvalue weighted by molar-refractivity contribution is -0.119. The Morgan fingerprint density at radius 1 is 1.04 bits per heavy atom. The van der Waals surface area contributed by atoms with Gasteiger partial charge in [-0.3, -0.25) is 9.59 Å². The molecule has 1 saturated heterocycles. The van der Waals surface area contributed by atoms with Crippen LogP contribution in [0.2, 0.25) is 0 Å². The molecule has 24 heavy (non-hydrogen) atoms. The summed E-state index contributed by atoms with van der Waals surface area (Å²) in [6.45, 7) is 0.456. The van der Waals surface area contributed by atoms with E-state index in [1.165, 1.54) is 47.4 Å². The molecule has 2 amide bonds. The van der Waals surface area contributed by atoms with Gasteiger partial charge in [0.05, 0.1) is 0 Å². The van der Waals surface area contributed by atoms with E-state index in [0.717, 1.165) is 0 Å². The number of anilines is 1. The number of carbonyl (C=O) groups is 2. The monoisotopic (exact) mass is 330 g/mol. The van der Waals surface area contributed by atoms with Crippen molar-refractivity contribution in [2.45, 2.75) is 18.9 Å².